The van der Waals surface area contributed by atoms with Crippen LogP contribution in [0.5, 0.6) is 11.5 Å². The average molecular weight is 340 g/mol. The van der Waals surface area contributed by atoms with Crippen LogP contribution in [-0.2, 0) is 0 Å². The van der Waals surface area contributed by atoms with Gasteiger partial charge in [-0.05, 0) is 43.2 Å². The van der Waals surface area contributed by atoms with Crippen molar-refractivity contribution in [2.45, 2.75) is 38.1 Å². The lowest BCUT2D eigenvalue weighted by atomic mass is 9.96. The summed E-state index contributed by atoms with van der Waals surface area (Å²) >= 11 is 0. The largest absolute Gasteiger partial charge is 0.493 e. The van der Waals surface area contributed by atoms with Crippen LogP contribution >= 0.6 is 0 Å². The third-order valence-corrected chi connectivity index (χ3v) is 4.58. The Labute approximate surface area is 147 Å². The van der Waals surface area contributed by atoms with Gasteiger partial charge in [-0.2, -0.15) is 0 Å². The van der Waals surface area contributed by atoms with Gasteiger partial charge in [-0.3, -0.25) is 14.4 Å². The van der Waals surface area contributed by atoms with Crippen LogP contribution in [0.25, 0.3) is 0 Å². The van der Waals surface area contributed by atoms with Gasteiger partial charge < -0.3 is 9.47 Å². The van der Waals surface area contributed by atoms with E-state index >= 15 is 0 Å². The van der Waals surface area contributed by atoms with Gasteiger partial charge in [0.2, 0.25) is 0 Å². The third kappa shape index (κ3) is 3.92. The van der Waals surface area contributed by atoms with Crippen LogP contribution in [0.1, 0.15) is 42.5 Å². The first-order valence-electron chi connectivity index (χ1n) is 8.71. The third-order valence-electron chi connectivity index (χ3n) is 4.58. The Morgan fingerprint density at radius 3 is 2.52 bits per heavy atom. The van der Waals surface area contributed by atoms with Crippen molar-refractivity contribution >= 4 is 5.91 Å². The summed E-state index contributed by atoms with van der Waals surface area (Å²) in [6.45, 7) is 0. The van der Waals surface area contributed by atoms with Gasteiger partial charge >= 0.3 is 0 Å². The Hall–Kier alpha value is -2.56. The first-order valence-corrected chi connectivity index (χ1v) is 8.71. The second-order valence-corrected chi connectivity index (χ2v) is 6.22. The van der Waals surface area contributed by atoms with Crippen LogP contribution in [-0.4, -0.2) is 30.7 Å². The minimum atomic E-state index is -0.129. The van der Waals surface area contributed by atoms with Gasteiger partial charge in [0, 0.05) is 11.8 Å². The molecule has 0 unspecified atom stereocenters. The van der Waals surface area contributed by atoms with Crippen LogP contribution in [0.4, 0.5) is 0 Å². The van der Waals surface area contributed by atoms with Gasteiger partial charge in [0.25, 0.3) is 5.91 Å². The number of rotatable bonds is 4. The van der Waals surface area contributed by atoms with E-state index < -0.39 is 0 Å². The Morgan fingerprint density at radius 2 is 1.80 bits per heavy atom. The van der Waals surface area contributed by atoms with E-state index in [4.69, 9.17) is 14.5 Å². The predicted octanol–water partition coefficient (Wildman–Crippen LogP) is 3.43. The summed E-state index contributed by atoms with van der Waals surface area (Å²) < 4.78 is 12.2. The van der Waals surface area contributed by atoms with Crippen molar-refractivity contribution in [3.63, 3.8) is 0 Å². The van der Waals surface area contributed by atoms with Crippen molar-refractivity contribution in [2.24, 2.45) is 4.99 Å². The number of ether oxygens (including phenoxy) is 2. The summed E-state index contributed by atoms with van der Waals surface area (Å²) in [5.41, 5.74) is 1.24. The normalized spacial score (nSPS) is 15.8. The lowest BCUT2D eigenvalue weighted by Gasteiger charge is -2.18. The SMILES string of the molecule is COc1ccc(C(=O)n2ccccc2=NC2CCCCC2)cc1OC. The summed E-state index contributed by atoms with van der Waals surface area (Å²) in [6, 6.07) is 11.2. The molecular weight excluding hydrogens is 316 g/mol. The first-order chi connectivity index (χ1) is 12.2. The molecule has 0 N–H and O–H groups in total. The maximum Gasteiger partial charge on any atom is 0.263 e. The van der Waals surface area contributed by atoms with E-state index in [1.54, 1.807) is 43.2 Å². The molecule has 132 valence electrons. The smallest absolute Gasteiger partial charge is 0.263 e. The second-order valence-electron chi connectivity index (χ2n) is 6.22. The molecule has 0 radical (unpaired) electrons. The van der Waals surface area contributed by atoms with Crippen molar-refractivity contribution in [1.29, 1.82) is 0 Å². The highest BCUT2D eigenvalue weighted by molar-refractivity contribution is 5.96. The van der Waals surface area contributed by atoms with Crippen molar-refractivity contribution in [2.75, 3.05) is 14.2 Å². The monoisotopic (exact) mass is 340 g/mol. The van der Waals surface area contributed by atoms with Gasteiger partial charge in [-0.25, -0.2) is 0 Å². The van der Waals surface area contributed by atoms with Crippen molar-refractivity contribution in [1.82, 2.24) is 4.57 Å². The molecule has 0 spiro atoms. The Balaban J connectivity index is 1.96. The highest BCUT2D eigenvalue weighted by Crippen LogP contribution is 2.27. The van der Waals surface area contributed by atoms with Gasteiger partial charge in [0.15, 0.2) is 11.5 Å². The van der Waals surface area contributed by atoms with Gasteiger partial charge in [0.1, 0.15) is 5.49 Å². The quantitative estimate of drug-likeness (QED) is 0.857. The molecule has 1 heterocycles. The number of carbonyl (C=O) groups excluding carboxylic acids is 1. The molecule has 25 heavy (non-hydrogen) atoms. The fourth-order valence-electron chi connectivity index (χ4n) is 3.22. The van der Waals surface area contributed by atoms with E-state index in [0.29, 0.717) is 28.6 Å². The molecule has 0 saturated heterocycles. The van der Waals surface area contributed by atoms with E-state index in [1.165, 1.54) is 19.3 Å². The molecule has 1 aliphatic rings. The van der Waals surface area contributed by atoms with E-state index in [2.05, 4.69) is 0 Å². The predicted molar refractivity (Wildman–Crippen MR) is 96.1 cm³/mol. The number of pyridine rings is 1. The fourth-order valence-corrected chi connectivity index (χ4v) is 3.22. The minimum Gasteiger partial charge on any atom is -0.493 e. The van der Waals surface area contributed by atoms with Crippen molar-refractivity contribution in [3.05, 3.63) is 53.6 Å². The van der Waals surface area contributed by atoms with Crippen LogP contribution in [0, 0.1) is 0 Å². The number of hydrogen-bond donors (Lipinski definition) is 0. The summed E-state index contributed by atoms with van der Waals surface area (Å²) in [4.78, 5) is 17.8. The Morgan fingerprint density at radius 1 is 1.04 bits per heavy atom. The molecule has 5 nitrogen and oxygen atoms in total. The van der Waals surface area contributed by atoms with Gasteiger partial charge in [-0.15, -0.1) is 0 Å². The maximum atomic E-state index is 13.0. The Kier molecular flexibility index (Phi) is 5.53. The molecule has 1 fully saturated rings. The molecular formula is C20H24N2O3. The zero-order valence-electron chi connectivity index (χ0n) is 14.8. The lowest BCUT2D eigenvalue weighted by Crippen LogP contribution is -2.29. The summed E-state index contributed by atoms with van der Waals surface area (Å²) in [7, 11) is 3.14. The number of methoxy groups -OCH3 is 2. The molecule has 3 rings (SSSR count). The molecule has 0 bridgehead atoms. The zero-order valence-corrected chi connectivity index (χ0v) is 14.8. The summed E-state index contributed by atoms with van der Waals surface area (Å²) in [6.07, 6.45) is 7.67. The molecule has 2 aromatic rings. The lowest BCUT2D eigenvalue weighted by molar-refractivity contribution is 0.0954. The molecule has 0 aliphatic heterocycles. The van der Waals surface area contributed by atoms with Crippen LogP contribution < -0.4 is 15.0 Å². The molecule has 1 aromatic heterocycles. The van der Waals surface area contributed by atoms with Gasteiger partial charge in [-0.1, -0.05) is 25.3 Å². The standard InChI is InChI=1S/C20H24N2O3/c1-24-17-12-11-15(14-18(17)25-2)20(23)22-13-7-6-10-19(22)21-16-8-4-3-5-9-16/h6-7,10-14,16H,3-5,8-9H2,1-2H3. The topological polar surface area (TPSA) is 52.8 Å². The molecule has 1 aromatic carbocycles. The van der Waals surface area contributed by atoms with Crippen molar-refractivity contribution < 1.29 is 14.3 Å². The highest BCUT2D eigenvalue weighted by atomic mass is 16.5. The van der Waals surface area contributed by atoms with Crippen LogP contribution in [0.2, 0.25) is 0 Å². The number of nitrogens with zero attached hydrogens (tertiary/aromatic N) is 2. The van der Waals surface area contributed by atoms with Crippen LogP contribution in [0.15, 0.2) is 47.6 Å². The van der Waals surface area contributed by atoms with E-state index in [9.17, 15) is 4.79 Å². The summed E-state index contributed by atoms with van der Waals surface area (Å²) in [5.74, 6) is 1.01. The molecule has 5 heteroatoms. The molecule has 0 amide bonds. The molecule has 1 aliphatic carbocycles. The zero-order chi connectivity index (χ0) is 17.6. The second kappa shape index (κ2) is 8.01. The average Bonchev–Trinajstić information content (AvgIpc) is 2.68. The molecule has 0 atom stereocenters. The Bertz CT molecular complexity index is 805. The van der Waals surface area contributed by atoms with Crippen molar-refractivity contribution in [3.8, 4) is 11.5 Å². The fraction of sp³-hybridized carbons (Fsp3) is 0.400. The number of carbonyl (C=O) groups is 1. The number of benzene rings is 1. The minimum absolute atomic E-state index is 0.129. The first kappa shape index (κ1) is 17.3. The van der Waals surface area contributed by atoms with E-state index in [1.807, 2.05) is 18.2 Å². The highest BCUT2D eigenvalue weighted by Gasteiger charge is 2.15. The number of aromatic nitrogens is 1. The molecule has 1 saturated carbocycles. The van der Waals surface area contributed by atoms with E-state index in [0.717, 1.165) is 12.8 Å². The van der Waals surface area contributed by atoms with Crippen LogP contribution in [0.3, 0.4) is 0 Å². The maximum absolute atomic E-state index is 13.0. The van der Waals surface area contributed by atoms with Gasteiger partial charge in [0.05, 0.1) is 20.3 Å². The van der Waals surface area contributed by atoms with E-state index in [-0.39, 0.29) is 5.91 Å². The summed E-state index contributed by atoms with van der Waals surface area (Å²) in [5, 5.41) is 0. The number of hydrogen-bond acceptors (Lipinski definition) is 4.